The Balaban J connectivity index is 2.40. The van der Waals surface area contributed by atoms with E-state index in [1.165, 1.54) is 6.07 Å². The Morgan fingerprint density at radius 1 is 1.20 bits per heavy atom. The average Bonchev–Trinajstić information content (AvgIpc) is 2.37. The first kappa shape index (κ1) is 15.7. The molecule has 0 aliphatic rings. The Kier molecular flexibility index (Phi) is 5.73. The largest absolute Gasteiger partial charge is 0.480 e. The van der Waals surface area contributed by atoms with Gasteiger partial charge in [-0.05, 0) is 18.2 Å². The molecule has 0 spiro atoms. The van der Waals surface area contributed by atoms with E-state index < -0.39 is 36.8 Å². The van der Waals surface area contributed by atoms with Gasteiger partial charge in [-0.25, -0.2) is 9.18 Å². The number of carboxylic acids is 1. The lowest BCUT2D eigenvalue weighted by Crippen LogP contribution is -2.40. The fourth-order valence-electron chi connectivity index (χ4n) is 1.15. The third kappa shape index (κ3) is 5.53. The van der Waals surface area contributed by atoms with Crippen molar-refractivity contribution in [2.45, 2.75) is 0 Å². The highest BCUT2D eigenvalue weighted by Gasteiger charge is 2.09. The van der Waals surface area contributed by atoms with Gasteiger partial charge in [0, 0.05) is 0 Å². The minimum Gasteiger partial charge on any atom is -0.480 e. The lowest BCUT2D eigenvalue weighted by Gasteiger charge is -2.08. The molecule has 9 heteroatoms. The van der Waals surface area contributed by atoms with Gasteiger partial charge in [0.1, 0.15) is 12.4 Å². The van der Waals surface area contributed by atoms with Crippen LogP contribution in [0.1, 0.15) is 0 Å². The Hall–Kier alpha value is -2.35. The van der Waals surface area contributed by atoms with Gasteiger partial charge >= 0.3 is 12.0 Å². The number of carbonyl (C=O) groups excluding carboxylic acids is 2. The second-order valence-corrected chi connectivity index (χ2v) is 4.01. The number of rotatable bonds is 5. The number of aliphatic carboxylic acids is 1. The predicted molar refractivity (Wildman–Crippen MR) is 69.1 cm³/mol. The van der Waals surface area contributed by atoms with E-state index in [1.54, 1.807) is 0 Å². The van der Waals surface area contributed by atoms with E-state index in [0.717, 1.165) is 12.1 Å². The molecule has 0 aliphatic carbocycles. The number of anilines is 1. The summed E-state index contributed by atoms with van der Waals surface area (Å²) >= 11 is 5.69. The van der Waals surface area contributed by atoms with Crippen LogP contribution in [0, 0.1) is 5.82 Å². The summed E-state index contributed by atoms with van der Waals surface area (Å²) < 4.78 is 12.8. The molecule has 4 N–H and O–H groups in total. The van der Waals surface area contributed by atoms with Crippen molar-refractivity contribution in [1.29, 1.82) is 0 Å². The van der Waals surface area contributed by atoms with Crippen molar-refractivity contribution in [2.24, 2.45) is 0 Å². The summed E-state index contributed by atoms with van der Waals surface area (Å²) in [6.45, 7) is -0.941. The van der Waals surface area contributed by atoms with Crippen molar-refractivity contribution in [2.75, 3.05) is 18.4 Å². The number of carboxylic acid groups (broad SMARTS) is 1. The standard InChI is InChI=1S/C11H11ClFN3O4/c12-7-3-6(13)1-2-8(7)16-11(20)15-4-9(17)14-5-10(18)19/h1-3H,4-5H2,(H,14,17)(H,18,19)(H2,15,16,20). The molecule has 0 aromatic heterocycles. The van der Waals surface area contributed by atoms with E-state index in [1.807, 2.05) is 0 Å². The minimum atomic E-state index is -1.19. The predicted octanol–water partition coefficient (Wildman–Crippen LogP) is 0.801. The molecule has 0 saturated carbocycles. The van der Waals surface area contributed by atoms with Gasteiger partial charge in [-0.1, -0.05) is 11.6 Å². The van der Waals surface area contributed by atoms with Crippen LogP contribution in [-0.4, -0.2) is 36.1 Å². The van der Waals surface area contributed by atoms with Crippen molar-refractivity contribution in [3.05, 3.63) is 29.0 Å². The molecule has 7 nitrogen and oxygen atoms in total. The normalized spacial score (nSPS) is 9.70. The van der Waals surface area contributed by atoms with Crippen LogP contribution in [0.15, 0.2) is 18.2 Å². The van der Waals surface area contributed by atoms with E-state index in [-0.39, 0.29) is 10.7 Å². The van der Waals surface area contributed by atoms with Gasteiger partial charge < -0.3 is 21.1 Å². The second kappa shape index (κ2) is 7.29. The van der Waals surface area contributed by atoms with Crippen LogP contribution < -0.4 is 16.0 Å². The first-order valence-electron chi connectivity index (χ1n) is 5.37. The minimum absolute atomic E-state index is 0.00970. The Morgan fingerprint density at radius 2 is 1.90 bits per heavy atom. The third-order valence-electron chi connectivity index (χ3n) is 2.03. The molecule has 0 bridgehead atoms. The summed E-state index contributed by atoms with van der Waals surface area (Å²) in [6.07, 6.45) is 0. The number of benzene rings is 1. The number of carbonyl (C=O) groups is 3. The smallest absolute Gasteiger partial charge is 0.322 e. The summed E-state index contributed by atoms with van der Waals surface area (Å²) in [5.41, 5.74) is 0.177. The fraction of sp³-hybridized carbons (Fsp3) is 0.182. The van der Waals surface area contributed by atoms with Gasteiger partial charge in [0.2, 0.25) is 5.91 Å². The van der Waals surface area contributed by atoms with Crippen molar-refractivity contribution >= 4 is 35.2 Å². The Labute approximate surface area is 118 Å². The number of halogens is 2. The summed E-state index contributed by atoms with van der Waals surface area (Å²) in [5, 5.41) is 14.9. The van der Waals surface area contributed by atoms with E-state index >= 15 is 0 Å². The number of amides is 3. The Morgan fingerprint density at radius 3 is 2.50 bits per heavy atom. The molecule has 20 heavy (non-hydrogen) atoms. The SMILES string of the molecule is O=C(O)CNC(=O)CNC(=O)Nc1ccc(F)cc1Cl. The number of hydrogen-bond acceptors (Lipinski definition) is 3. The van der Waals surface area contributed by atoms with Gasteiger partial charge in [-0.15, -0.1) is 0 Å². The summed E-state index contributed by atoms with van der Waals surface area (Å²) in [6, 6.07) is 2.67. The quantitative estimate of drug-likeness (QED) is 0.645. The Bertz CT molecular complexity index is 538. The highest BCUT2D eigenvalue weighted by Crippen LogP contribution is 2.21. The molecule has 1 aromatic carbocycles. The van der Waals surface area contributed by atoms with Gasteiger partial charge in [0.15, 0.2) is 0 Å². The molecule has 108 valence electrons. The molecule has 3 amide bonds. The van der Waals surface area contributed by atoms with Crippen LogP contribution in [-0.2, 0) is 9.59 Å². The molecule has 0 heterocycles. The third-order valence-corrected chi connectivity index (χ3v) is 2.34. The monoisotopic (exact) mass is 303 g/mol. The maximum atomic E-state index is 12.8. The van der Waals surface area contributed by atoms with Crippen LogP contribution in [0.4, 0.5) is 14.9 Å². The van der Waals surface area contributed by atoms with Crippen molar-refractivity contribution in [3.8, 4) is 0 Å². The van der Waals surface area contributed by atoms with Crippen molar-refractivity contribution in [1.82, 2.24) is 10.6 Å². The van der Waals surface area contributed by atoms with E-state index in [4.69, 9.17) is 16.7 Å². The summed E-state index contributed by atoms with van der Waals surface area (Å²) in [5.74, 6) is -2.40. The zero-order chi connectivity index (χ0) is 15.1. The highest BCUT2D eigenvalue weighted by molar-refractivity contribution is 6.33. The average molecular weight is 304 g/mol. The molecule has 0 radical (unpaired) electrons. The van der Waals surface area contributed by atoms with Crippen LogP contribution in [0.2, 0.25) is 5.02 Å². The van der Waals surface area contributed by atoms with Crippen molar-refractivity contribution < 1.29 is 23.9 Å². The molecule has 0 atom stereocenters. The summed E-state index contributed by atoms with van der Waals surface area (Å²) in [7, 11) is 0. The van der Waals surface area contributed by atoms with Gasteiger partial charge in [0.25, 0.3) is 0 Å². The highest BCUT2D eigenvalue weighted by atomic mass is 35.5. The zero-order valence-electron chi connectivity index (χ0n) is 10.1. The first-order chi connectivity index (χ1) is 9.38. The molecule has 1 rings (SSSR count). The van der Waals surface area contributed by atoms with Crippen LogP contribution in [0.5, 0.6) is 0 Å². The molecule has 0 fully saturated rings. The first-order valence-corrected chi connectivity index (χ1v) is 5.74. The number of nitrogens with one attached hydrogen (secondary N) is 3. The van der Waals surface area contributed by atoms with Crippen LogP contribution >= 0.6 is 11.6 Å². The van der Waals surface area contributed by atoms with Crippen LogP contribution in [0.3, 0.4) is 0 Å². The molecule has 0 unspecified atom stereocenters. The molecular formula is C11H11ClFN3O4. The topological polar surface area (TPSA) is 108 Å². The number of hydrogen-bond donors (Lipinski definition) is 4. The van der Waals surface area contributed by atoms with Gasteiger partial charge in [-0.2, -0.15) is 0 Å². The van der Waals surface area contributed by atoms with Gasteiger partial charge in [-0.3, -0.25) is 9.59 Å². The van der Waals surface area contributed by atoms with E-state index in [2.05, 4.69) is 16.0 Å². The van der Waals surface area contributed by atoms with Crippen LogP contribution in [0.25, 0.3) is 0 Å². The lowest BCUT2D eigenvalue weighted by molar-refractivity contribution is -0.137. The maximum Gasteiger partial charge on any atom is 0.322 e. The fourth-order valence-corrected chi connectivity index (χ4v) is 1.37. The molecule has 0 aliphatic heterocycles. The zero-order valence-corrected chi connectivity index (χ0v) is 10.8. The lowest BCUT2D eigenvalue weighted by atomic mass is 10.3. The van der Waals surface area contributed by atoms with Gasteiger partial charge in [0.05, 0.1) is 17.3 Å². The van der Waals surface area contributed by atoms with Crippen molar-refractivity contribution in [3.63, 3.8) is 0 Å². The van der Waals surface area contributed by atoms with E-state index in [9.17, 15) is 18.8 Å². The molecule has 0 saturated heterocycles. The number of urea groups is 1. The molecular weight excluding hydrogens is 293 g/mol. The van der Waals surface area contributed by atoms with E-state index in [0.29, 0.717) is 0 Å². The maximum absolute atomic E-state index is 12.8. The second-order valence-electron chi connectivity index (χ2n) is 3.60. The summed E-state index contributed by atoms with van der Waals surface area (Å²) in [4.78, 5) is 32.7. The molecule has 1 aromatic rings.